The topological polar surface area (TPSA) is 74.2 Å². The van der Waals surface area contributed by atoms with Gasteiger partial charge >= 0.3 is 0 Å². The minimum Gasteiger partial charge on any atom is -0.379 e. The number of rotatable bonds is 8. The van der Waals surface area contributed by atoms with Crippen molar-refractivity contribution in [2.45, 2.75) is 18.1 Å². The number of benzene rings is 2. The van der Waals surface area contributed by atoms with Crippen LogP contribution in [0.1, 0.15) is 12.8 Å². The summed E-state index contributed by atoms with van der Waals surface area (Å²) in [5.74, 6) is -0.895. The number of amides is 2. The Balaban J connectivity index is 1.45. The van der Waals surface area contributed by atoms with Gasteiger partial charge in [0.05, 0.1) is 18.9 Å². The summed E-state index contributed by atoms with van der Waals surface area (Å²) in [6.07, 6.45) is 0.750. The highest BCUT2D eigenvalue weighted by Crippen LogP contribution is 2.33. The molecule has 34 heavy (non-hydrogen) atoms. The van der Waals surface area contributed by atoms with Gasteiger partial charge in [0.15, 0.2) is 5.17 Å². The summed E-state index contributed by atoms with van der Waals surface area (Å²) < 4.78 is 20.4. The molecule has 2 aromatic rings. The molecular formula is C24H26BrFN4O3S. The molecule has 1 atom stereocenters. The molecule has 1 N–H and O–H groups in total. The number of thioether (sulfide) groups is 1. The normalized spacial score (nSPS) is 20.2. The molecule has 1 unspecified atom stereocenters. The molecule has 2 fully saturated rings. The highest BCUT2D eigenvalue weighted by molar-refractivity contribution is 9.10. The zero-order valence-corrected chi connectivity index (χ0v) is 21.0. The van der Waals surface area contributed by atoms with Crippen LogP contribution in [0.15, 0.2) is 58.0 Å². The molecule has 7 nitrogen and oxygen atoms in total. The second-order valence-electron chi connectivity index (χ2n) is 7.98. The third kappa shape index (κ3) is 6.44. The Hall–Kier alpha value is -2.27. The molecule has 2 aliphatic rings. The lowest BCUT2D eigenvalue weighted by Crippen LogP contribution is -2.39. The predicted octanol–water partition coefficient (Wildman–Crippen LogP) is 4.27. The van der Waals surface area contributed by atoms with Crippen molar-refractivity contribution < 1.29 is 18.7 Å². The average molecular weight is 549 g/mol. The van der Waals surface area contributed by atoms with E-state index in [0.29, 0.717) is 30.6 Å². The van der Waals surface area contributed by atoms with E-state index >= 15 is 0 Å². The van der Waals surface area contributed by atoms with E-state index < -0.39 is 11.1 Å². The first kappa shape index (κ1) is 24.8. The summed E-state index contributed by atoms with van der Waals surface area (Å²) in [7, 11) is 0. The number of carbonyl (C=O) groups is 2. The lowest BCUT2D eigenvalue weighted by atomic mass is 10.2. The second kappa shape index (κ2) is 11.9. The maximum absolute atomic E-state index is 14.2. The number of aliphatic imine (C=N–C) groups is 1. The van der Waals surface area contributed by atoms with Crippen LogP contribution < -0.4 is 5.32 Å². The highest BCUT2D eigenvalue weighted by atomic mass is 79.9. The molecule has 0 spiro atoms. The molecule has 0 aliphatic carbocycles. The van der Waals surface area contributed by atoms with Crippen molar-refractivity contribution in [3.63, 3.8) is 0 Å². The quantitative estimate of drug-likeness (QED) is 0.533. The van der Waals surface area contributed by atoms with E-state index in [0.717, 1.165) is 30.5 Å². The number of carbonyl (C=O) groups excluding carboxylic acids is 2. The Morgan fingerprint density at radius 1 is 1.15 bits per heavy atom. The van der Waals surface area contributed by atoms with Crippen LogP contribution in [0.3, 0.4) is 0 Å². The maximum Gasteiger partial charge on any atom is 0.242 e. The number of hydrogen-bond acceptors (Lipinski definition) is 6. The molecule has 10 heteroatoms. The van der Waals surface area contributed by atoms with Gasteiger partial charge in [0.1, 0.15) is 16.8 Å². The van der Waals surface area contributed by atoms with Gasteiger partial charge in [-0.1, -0.05) is 36.0 Å². The van der Waals surface area contributed by atoms with Crippen molar-refractivity contribution in [1.29, 1.82) is 0 Å². The second-order valence-corrected chi connectivity index (χ2v) is 10.0. The summed E-state index contributed by atoms with van der Waals surface area (Å²) in [4.78, 5) is 34.3. The van der Waals surface area contributed by atoms with E-state index in [2.05, 4.69) is 31.1 Å². The van der Waals surface area contributed by atoms with Gasteiger partial charge in [-0.25, -0.2) is 9.38 Å². The number of nitrogens with one attached hydrogen (secondary N) is 1. The number of amidine groups is 1. The predicted molar refractivity (Wildman–Crippen MR) is 136 cm³/mol. The van der Waals surface area contributed by atoms with Gasteiger partial charge in [-0.3, -0.25) is 19.4 Å². The number of hydrogen-bond donors (Lipinski definition) is 1. The number of morpholine rings is 1. The number of para-hydroxylation sites is 2. The summed E-state index contributed by atoms with van der Waals surface area (Å²) in [6.45, 7) is 4.46. The van der Waals surface area contributed by atoms with Gasteiger partial charge in [0.25, 0.3) is 0 Å². The van der Waals surface area contributed by atoms with Crippen molar-refractivity contribution in [2.24, 2.45) is 4.99 Å². The minimum absolute atomic E-state index is 0.00108. The Bertz CT molecular complexity index is 1060. The Kier molecular flexibility index (Phi) is 8.71. The first-order valence-electron chi connectivity index (χ1n) is 11.2. The van der Waals surface area contributed by atoms with Crippen LogP contribution in [0, 0.1) is 5.82 Å². The fourth-order valence-corrected chi connectivity index (χ4v) is 5.35. The molecule has 0 bridgehead atoms. The van der Waals surface area contributed by atoms with Gasteiger partial charge in [0, 0.05) is 37.1 Å². The molecule has 2 heterocycles. The SMILES string of the molecule is O=C(CC1SC(=Nc2ccccc2F)N(CCCN2CCOCC2)C1=O)Nc1ccccc1Br. The summed E-state index contributed by atoms with van der Waals surface area (Å²) in [5, 5.41) is 2.66. The molecule has 180 valence electrons. The molecule has 0 radical (unpaired) electrons. The van der Waals surface area contributed by atoms with Crippen LogP contribution in [0.25, 0.3) is 0 Å². The smallest absolute Gasteiger partial charge is 0.242 e. The van der Waals surface area contributed by atoms with Crippen LogP contribution in [-0.2, 0) is 14.3 Å². The fraction of sp³-hybridized carbons (Fsp3) is 0.375. The van der Waals surface area contributed by atoms with Crippen molar-refractivity contribution >= 4 is 56.0 Å². The van der Waals surface area contributed by atoms with Gasteiger partial charge in [-0.2, -0.15) is 0 Å². The zero-order chi connectivity index (χ0) is 23.9. The molecule has 0 aromatic heterocycles. The van der Waals surface area contributed by atoms with E-state index in [9.17, 15) is 14.0 Å². The molecule has 2 aliphatic heterocycles. The third-order valence-electron chi connectivity index (χ3n) is 5.57. The Labute approximate surface area is 210 Å². The van der Waals surface area contributed by atoms with Gasteiger partial charge in [-0.05, 0) is 46.6 Å². The van der Waals surface area contributed by atoms with Crippen LogP contribution in [0.2, 0.25) is 0 Å². The van der Waals surface area contributed by atoms with Crippen LogP contribution >= 0.6 is 27.7 Å². The molecule has 0 saturated carbocycles. The van der Waals surface area contributed by atoms with E-state index in [-0.39, 0.29) is 23.9 Å². The Morgan fingerprint density at radius 2 is 1.88 bits per heavy atom. The lowest BCUT2D eigenvalue weighted by molar-refractivity contribution is -0.128. The zero-order valence-electron chi connectivity index (χ0n) is 18.6. The largest absolute Gasteiger partial charge is 0.379 e. The average Bonchev–Trinajstić information content (AvgIpc) is 3.11. The van der Waals surface area contributed by atoms with Crippen molar-refractivity contribution in [3.05, 3.63) is 58.8 Å². The first-order valence-corrected chi connectivity index (χ1v) is 12.8. The summed E-state index contributed by atoms with van der Waals surface area (Å²) >= 11 is 4.63. The van der Waals surface area contributed by atoms with E-state index in [1.165, 1.54) is 17.8 Å². The molecule has 2 saturated heterocycles. The Morgan fingerprint density at radius 3 is 2.65 bits per heavy atom. The van der Waals surface area contributed by atoms with Gasteiger partial charge < -0.3 is 10.1 Å². The lowest BCUT2D eigenvalue weighted by Gasteiger charge is -2.27. The molecular weight excluding hydrogens is 523 g/mol. The third-order valence-corrected chi connectivity index (χ3v) is 7.43. The van der Waals surface area contributed by atoms with E-state index in [4.69, 9.17) is 4.74 Å². The van der Waals surface area contributed by atoms with Crippen molar-refractivity contribution in [1.82, 2.24) is 9.80 Å². The number of nitrogens with zero attached hydrogens (tertiary/aromatic N) is 3. The minimum atomic E-state index is -0.614. The summed E-state index contributed by atoms with van der Waals surface area (Å²) in [6, 6.07) is 13.5. The maximum atomic E-state index is 14.2. The van der Waals surface area contributed by atoms with E-state index in [1.807, 2.05) is 18.2 Å². The van der Waals surface area contributed by atoms with E-state index in [1.54, 1.807) is 29.2 Å². The standard InChI is InChI=1S/C24H26BrFN4O3S/c25-17-6-1-3-8-19(17)27-22(31)16-21-23(32)30(11-5-10-29-12-14-33-15-13-29)24(34-21)28-20-9-4-2-7-18(20)26/h1-4,6-9,21H,5,10-16H2,(H,27,31). The highest BCUT2D eigenvalue weighted by Gasteiger charge is 2.39. The van der Waals surface area contributed by atoms with Crippen molar-refractivity contribution in [2.75, 3.05) is 44.7 Å². The number of anilines is 1. The monoisotopic (exact) mass is 548 g/mol. The summed E-state index contributed by atoms with van der Waals surface area (Å²) in [5.41, 5.74) is 0.819. The van der Waals surface area contributed by atoms with Gasteiger partial charge in [-0.15, -0.1) is 0 Å². The molecule has 2 aromatic carbocycles. The number of ether oxygens (including phenoxy) is 1. The van der Waals surface area contributed by atoms with Crippen LogP contribution in [0.5, 0.6) is 0 Å². The molecule has 4 rings (SSSR count). The number of halogens is 2. The fourth-order valence-electron chi connectivity index (χ4n) is 3.79. The van der Waals surface area contributed by atoms with Crippen molar-refractivity contribution in [3.8, 4) is 0 Å². The van der Waals surface area contributed by atoms with Crippen LogP contribution in [0.4, 0.5) is 15.8 Å². The molecule has 2 amide bonds. The van der Waals surface area contributed by atoms with Crippen LogP contribution in [-0.4, -0.2) is 71.4 Å². The van der Waals surface area contributed by atoms with Gasteiger partial charge in [0.2, 0.25) is 11.8 Å². The first-order chi connectivity index (χ1) is 16.5.